The first-order chi connectivity index (χ1) is 8.67. The summed E-state index contributed by atoms with van der Waals surface area (Å²) in [6.07, 6.45) is 6.91. The van der Waals surface area contributed by atoms with Crippen molar-refractivity contribution >= 4 is 6.29 Å². The predicted octanol–water partition coefficient (Wildman–Crippen LogP) is 1.22. The Hall–Kier alpha value is -0.450. The van der Waals surface area contributed by atoms with Gasteiger partial charge in [-0.25, -0.2) is 0 Å². The Kier molecular flexibility index (Phi) is 4.76. The Morgan fingerprint density at radius 1 is 1.39 bits per heavy atom. The van der Waals surface area contributed by atoms with Gasteiger partial charge in [-0.05, 0) is 32.7 Å². The molecular weight excluding hydrogens is 230 g/mol. The highest BCUT2D eigenvalue weighted by Crippen LogP contribution is 2.30. The van der Waals surface area contributed by atoms with Crippen LogP contribution < -0.4 is 0 Å². The highest BCUT2D eigenvalue weighted by molar-refractivity contribution is 5.60. The summed E-state index contributed by atoms with van der Waals surface area (Å²) in [5.74, 6) is 0. The van der Waals surface area contributed by atoms with Crippen molar-refractivity contribution in [3.63, 3.8) is 0 Å². The molecule has 18 heavy (non-hydrogen) atoms. The molecule has 1 N–H and O–H groups in total. The predicted molar refractivity (Wildman–Crippen MR) is 69.4 cm³/mol. The van der Waals surface area contributed by atoms with Crippen molar-refractivity contribution in [1.29, 1.82) is 0 Å². The number of nitrogens with zero attached hydrogens (tertiary/aromatic N) is 1. The van der Waals surface area contributed by atoms with Crippen molar-refractivity contribution in [3.8, 4) is 0 Å². The molecule has 0 amide bonds. The lowest BCUT2D eigenvalue weighted by Gasteiger charge is -2.41. The first-order valence-electron chi connectivity index (χ1n) is 7.09. The maximum Gasteiger partial charge on any atom is 0.129 e. The highest BCUT2D eigenvalue weighted by atomic mass is 16.5. The molecule has 0 aromatic carbocycles. The largest absolute Gasteiger partial charge is 0.391 e. The van der Waals surface area contributed by atoms with Gasteiger partial charge in [-0.1, -0.05) is 12.8 Å². The average molecular weight is 255 g/mol. The number of carbonyl (C=O) groups is 1. The van der Waals surface area contributed by atoms with E-state index in [0.717, 1.165) is 45.0 Å². The molecule has 0 aromatic heterocycles. The second kappa shape index (κ2) is 6.13. The minimum absolute atomic E-state index is 0.206. The van der Waals surface area contributed by atoms with Gasteiger partial charge in [-0.15, -0.1) is 0 Å². The zero-order chi connectivity index (χ0) is 13.0. The Bertz CT molecular complexity index is 276. The minimum atomic E-state index is -0.357. The lowest BCUT2D eigenvalue weighted by Crippen LogP contribution is -2.50. The van der Waals surface area contributed by atoms with Crippen molar-refractivity contribution in [2.24, 2.45) is 5.41 Å². The highest BCUT2D eigenvalue weighted by Gasteiger charge is 2.37. The average Bonchev–Trinajstić information content (AvgIpc) is 2.40. The number of aldehydes is 1. The lowest BCUT2D eigenvalue weighted by atomic mass is 9.82. The molecule has 0 aromatic rings. The third kappa shape index (κ3) is 3.11. The number of ether oxygens (including phenoxy) is 1. The van der Waals surface area contributed by atoms with Crippen LogP contribution in [0.15, 0.2) is 0 Å². The van der Waals surface area contributed by atoms with Crippen molar-refractivity contribution < 1.29 is 14.6 Å². The standard InChI is InChI=1S/C14H25NO3/c1-15(12-5-2-3-6-13(12)17)9-14(10-16)7-4-8-18-11-14/h10,12-13,17H,2-9,11H2,1H3. The summed E-state index contributed by atoms with van der Waals surface area (Å²) in [5.41, 5.74) is -0.357. The summed E-state index contributed by atoms with van der Waals surface area (Å²) in [4.78, 5) is 13.6. The third-order valence-corrected chi connectivity index (χ3v) is 4.43. The molecule has 1 aliphatic carbocycles. The van der Waals surface area contributed by atoms with Crippen LogP contribution >= 0.6 is 0 Å². The van der Waals surface area contributed by atoms with E-state index < -0.39 is 0 Å². The number of aliphatic hydroxyl groups excluding tert-OH is 1. The molecule has 4 heteroatoms. The number of hydrogen-bond acceptors (Lipinski definition) is 4. The summed E-state index contributed by atoms with van der Waals surface area (Å²) in [5, 5.41) is 10.1. The van der Waals surface area contributed by atoms with Gasteiger partial charge in [0.15, 0.2) is 0 Å². The smallest absolute Gasteiger partial charge is 0.129 e. The van der Waals surface area contributed by atoms with E-state index in [1.54, 1.807) is 0 Å². The molecule has 1 saturated heterocycles. The van der Waals surface area contributed by atoms with Gasteiger partial charge in [-0.2, -0.15) is 0 Å². The van der Waals surface area contributed by atoms with Gasteiger partial charge in [0.05, 0.1) is 18.1 Å². The molecule has 0 radical (unpaired) electrons. The van der Waals surface area contributed by atoms with Crippen LogP contribution in [0.5, 0.6) is 0 Å². The quantitative estimate of drug-likeness (QED) is 0.767. The Morgan fingerprint density at radius 2 is 2.17 bits per heavy atom. The second-order valence-electron chi connectivity index (χ2n) is 5.97. The molecular formula is C14H25NO3. The maximum absolute atomic E-state index is 11.4. The van der Waals surface area contributed by atoms with Crippen LogP contribution in [0.2, 0.25) is 0 Å². The van der Waals surface area contributed by atoms with Crippen LogP contribution in [0.4, 0.5) is 0 Å². The third-order valence-electron chi connectivity index (χ3n) is 4.43. The van der Waals surface area contributed by atoms with Crippen LogP contribution in [0, 0.1) is 5.41 Å². The summed E-state index contributed by atoms with van der Waals surface area (Å²) >= 11 is 0. The van der Waals surface area contributed by atoms with Gasteiger partial charge in [0.1, 0.15) is 6.29 Å². The number of likely N-dealkylation sites (N-methyl/N-ethyl adjacent to an activating group) is 1. The SMILES string of the molecule is CN(CC1(C=O)CCCOC1)C1CCCCC1O. The van der Waals surface area contributed by atoms with Crippen LogP contribution in [0.1, 0.15) is 38.5 Å². The van der Waals surface area contributed by atoms with E-state index in [4.69, 9.17) is 4.74 Å². The van der Waals surface area contributed by atoms with Crippen molar-refractivity contribution in [3.05, 3.63) is 0 Å². The van der Waals surface area contributed by atoms with Gasteiger partial charge in [0, 0.05) is 19.2 Å². The van der Waals surface area contributed by atoms with E-state index in [-0.39, 0.29) is 17.6 Å². The van der Waals surface area contributed by atoms with E-state index >= 15 is 0 Å². The normalized spacial score (nSPS) is 37.7. The Labute approximate surface area is 109 Å². The molecule has 0 bridgehead atoms. The van der Waals surface area contributed by atoms with Gasteiger partial charge in [-0.3, -0.25) is 4.90 Å². The fourth-order valence-corrected chi connectivity index (χ4v) is 3.35. The van der Waals surface area contributed by atoms with E-state index in [1.165, 1.54) is 6.42 Å². The molecule has 3 atom stereocenters. The zero-order valence-corrected chi connectivity index (χ0v) is 11.3. The summed E-state index contributed by atoms with van der Waals surface area (Å²) < 4.78 is 5.47. The molecule has 2 rings (SSSR count). The monoisotopic (exact) mass is 255 g/mol. The fourth-order valence-electron chi connectivity index (χ4n) is 3.35. The van der Waals surface area contributed by atoms with Gasteiger partial charge >= 0.3 is 0 Å². The number of rotatable bonds is 4. The topological polar surface area (TPSA) is 49.8 Å². The molecule has 1 heterocycles. The molecule has 4 nitrogen and oxygen atoms in total. The molecule has 0 spiro atoms. The molecule has 104 valence electrons. The van der Waals surface area contributed by atoms with Crippen molar-refractivity contribution in [1.82, 2.24) is 4.90 Å². The van der Waals surface area contributed by atoms with E-state index in [1.807, 2.05) is 7.05 Å². The van der Waals surface area contributed by atoms with Gasteiger partial charge < -0.3 is 14.6 Å². The van der Waals surface area contributed by atoms with E-state index in [9.17, 15) is 9.90 Å². The van der Waals surface area contributed by atoms with Crippen LogP contribution in [0.3, 0.4) is 0 Å². The molecule has 1 saturated carbocycles. The van der Waals surface area contributed by atoms with Gasteiger partial charge in [0.2, 0.25) is 0 Å². The van der Waals surface area contributed by atoms with Crippen molar-refractivity contribution in [2.45, 2.75) is 50.7 Å². The maximum atomic E-state index is 11.4. The first kappa shape index (κ1) is 14.0. The van der Waals surface area contributed by atoms with Crippen LogP contribution in [-0.4, -0.2) is 55.2 Å². The van der Waals surface area contributed by atoms with E-state index in [0.29, 0.717) is 13.2 Å². The Balaban J connectivity index is 1.95. The molecule has 2 fully saturated rings. The molecule has 1 aliphatic heterocycles. The summed E-state index contributed by atoms with van der Waals surface area (Å²) in [6.45, 7) is 2.01. The van der Waals surface area contributed by atoms with Crippen molar-refractivity contribution in [2.75, 3.05) is 26.8 Å². The number of hydrogen-bond donors (Lipinski definition) is 1. The lowest BCUT2D eigenvalue weighted by molar-refractivity contribution is -0.127. The zero-order valence-electron chi connectivity index (χ0n) is 11.3. The molecule has 3 unspecified atom stereocenters. The van der Waals surface area contributed by atoms with Crippen LogP contribution in [-0.2, 0) is 9.53 Å². The first-order valence-corrected chi connectivity index (χ1v) is 7.09. The number of carbonyl (C=O) groups excluding carboxylic acids is 1. The Morgan fingerprint density at radius 3 is 2.78 bits per heavy atom. The van der Waals surface area contributed by atoms with Gasteiger partial charge in [0.25, 0.3) is 0 Å². The fraction of sp³-hybridized carbons (Fsp3) is 0.929. The van der Waals surface area contributed by atoms with E-state index in [2.05, 4.69) is 4.90 Å². The summed E-state index contributed by atoms with van der Waals surface area (Å²) in [7, 11) is 2.03. The van der Waals surface area contributed by atoms with Crippen LogP contribution in [0.25, 0.3) is 0 Å². The summed E-state index contributed by atoms with van der Waals surface area (Å²) in [6, 6.07) is 0.206. The second-order valence-corrected chi connectivity index (χ2v) is 5.97. The minimum Gasteiger partial charge on any atom is -0.391 e. The number of aliphatic hydroxyl groups is 1. The molecule has 2 aliphatic rings.